The maximum atomic E-state index is 10.7. The zero-order valence-electron chi connectivity index (χ0n) is 12.7. The van der Waals surface area contributed by atoms with E-state index in [2.05, 4.69) is 0 Å². The molecule has 5 heteroatoms. The normalized spacial score (nSPS) is 27.1. The van der Waals surface area contributed by atoms with Crippen molar-refractivity contribution in [2.45, 2.75) is 51.4 Å². The summed E-state index contributed by atoms with van der Waals surface area (Å²) in [6.45, 7) is 5.22. The molecule has 1 aromatic carbocycles. The number of hydrogen-bond acceptors (Lipinski definition) is 5. The largest absolute Gasteiger partial charge is 0.463 e. The molecule has 0 aliphatic carbocycles. The minimum atomic E-state index is -0.878. The van der Waals surface area contributed by atoms with Gasteiger partial charge >= 0.3 is 5.97 Å². The number of ether oxygens (including phenoxy) is 1. The molecule has 116 valence electrons. The van der Waals surface area contributed by atoms with E-state index in [1.165, 1.54) is 12.5 Å². The van der Waals surface area contributed by atoms with Gasteiger partial charge in [-0.1, -0.05) is 29.8 Å². The summed E-state index contributed by atoms with van der Waals surface area (Å²) in [5.74, 6) is -0.421. The molecule has 0 spiro atoms. The first kappa shape index (κ1) is 15.9. The number of rotatable bonds is 4. The van der Waals surface area contributed by atoms with Crippen LogP contribution in [0.1, 0.15) is 37.8 Å². The van der Waals surface area contributed by atoms with Gasteiger partial charge in [-0.25, -0.2) is 9.78 Å². The zero-order chi connectivity index (χ0) is 15.5. The highest BCUT2D eigenvalue weighted by Gasteiger charge is 2.38. The van der Waals surface area contributed by atoms with E-state index in [9.17, 15) is 9.90 Å². The Bertz CT molecular complexity index is 474. The topological polar surface area (TPSA) is 65.0 Å². The van der Waals surface area contributed by atoms with E-state index in [4.69, 9.17) is 14.5 Å². The van der Waals surface area contributed by atoms with E-state index >= 15 is 0 Å². The first-order valence-corrected chi connectivity index (χ1v) is 7.14. The average molecular weight is 294 g/mol. The van der Waals surface area contributed by atoms with Crippen LogP contribution < -0.4 is 0 Å². The second-order valence-electron chi connectivity index (χ2n) is 5.72. The number of aliphatic hydroxyl groups is 1. The summed E-state index contributed by atoms with van der Waals surface area (Å²) in [5.41, 5.74) is 1.71. The maximum absolute atomic E-state index is 10.7. The van der Waals surface area contributed by atoms with Crippen molar-refractivity contribution in [3.8, 4) is 0 Å². The Balaban J connectivity index is 1.92. The van der Waals surface area contributed by atoms with Crippen LogP contribution in [0.3, 0.4) is 0 Å². The summed E-state index contributed by atoms with van der Waals surface area (Å²) in [6, 6.07) is 8.11. The molecule has 21 heavy (non-hydrogen) atoms. The highest BCUT2D eigenvalue weighted by atomic mass is 17.2. The van der Waals surface area contributed by atoms with Crippen LogP contribution in [0.2, 0.25) is 0 Å². The van der Waals surface area contributed by atoms with Crippen LogP contribution in [0, 0.1) is 6.92 Å². The van der Waals surface area contributed by atoms with Crippen LogP contribution in [0.15, 0.2) is 24.3 Å². The molecule has 3 atom stereocenters. The fourth-order valence-corrected chi connectivity index (χ4v) is 2.34. The first-order valence-electron chi connectivity index (χ1n) is 7.14. The quantitative estimate of drug-likeness (QED) is 0.681. The Morgan fingerprint density at radius 2 is 2.14 bits per heavy atom. The van der Waals surface area contributed by atoms with Crippen molar-refractivity contribution in [2.75, 3.05) is 6.61 Å². The minimum absolute atomic E-state index is 0.0788. The van der Waals surface area contributed by atoms with Gasteiger partial charge in [-0.3, -0.25) is 4.79 Å². The fraction of sp³-hybridized carbons (Fsp3) is 0.562. The number of hydrogen-bond donors (Lipinski definition) is 1. The zero-order valence-corrected chi connectivity index (χ0v) is 12.7. The molecule has 5 nitrogen and oxygen atoms in total. The molecule has 1 N–H and O–H groups in total. The van der Waals surface area contributed by atoms with Gasteiger partial charge in [0.1, 0.15) is 24.4 Å². The fourth-order valence-electron chi connectivity index (χ4n) is 2.34. The van der Waals surface area contributed by atoms with Gasteiger partial charge in [0.2, 0.25) is 0 Å². The molecular formula is C16H22O5. The van der Waals surface area contributed by atoms with Crippen molar-refractivity contribution in [2.24, 2.45) is 0 Å². The van der Waals surface area contributed by atoms with Crippen molar-refractivity contribution < 1.29 is 24.4 Å². The van der Waals surface area contributed by atoms with Gasteiger partial charge in [0.05, 0.1) is 0 Å². The molecule has 0 aromatic heterocycles. The van der Waals surface area contributed by atoms with E-state index in [1.54, 1.807) is 0 Å². The number of carbonyl (C=O) groups excluding carboxylic acids is 1. The highest BCUT2D eigenvalue weighted by Crippen LogP contribution is 2.36. The van der Waals surface area contributed by atoms with Crippen LogP contribution in [0.5, 0.6) is 0 Å². The van der Waals surface area contributed by atoms with E-state index in [0.717, 1.165) is 12.0 Å². The number of aliphatic hydroxyl groups excluding tert-OH is 1. The molecule has 1 heterocycles. The summed E-state index contributed by atoms with van der Waals surface area (Å²) in [5, 5.41) is 9.92. The molecule has 1 saturated heterocycles. The smallest absolute Gasteiger partial charge is 0.302 e. The number of carbonyl (C=O) groups is 1. The number of esters is 1. The molecule has 0 amide bonds. The molecule has 1 aliphatic rings. The predicted octanol–water partition coefficient (Wildman–Crippen LogP) is 2.24. The third-order valence-electron chi connectivity index (χ3n) is 3.81. The first-order chi connectivity index (χ1) is 9.90. The lowest BCUT2D eigenvalue weighted by Crippen LogP contribution is -2.42. The summed E-state index contributed by atoms with van der Waals surface area (Å²) in [7, 11) is 0. The van der Waals surface area contributed by atoms with Crippen molar-refractivity contribution in [1.82, 2.24) is 0 Å². The van der Waals surface area contributed by atoms with Crippen LogP contribution in [0.4, 0.5) is 0 Å². The highest BCUT2D eigenvalue weighted by molar-refractivity contribution is 5.65. The Hall–Kier alpha value is -1.43. The Morgan fingerprint density at radius 1 is 1.48 bits per heavy atom. The molecule has 0 radical (unpaired) electrons. The van der Waals surface area contributed by atoms with Gasteiger partial charge in [-0.05, 0) is 32.3 Å². The molecule has 1 fully saturated rings. The van der Waals surface area contributed by atoms with Gasteiger partial charge in [0.25, 0.3) is 0 Å². The van der Waals surface area contributed by atoms with Crippen molar-refractivity contribution in [3.63, 3.8) is 0 Å². The Labute approximate surface area is 124 Å². The Kier molecular flexibility index (Phi) is 4.98. The molecule has 1 aromatic rings. The lowest BCUT2D eigenvalue weighted by atomic mass is 9.88. The van der Waals surface area contributed by atoms with Crippen molar-refractivity contribution in [1.29, 1.82) is 0 Å². The third-order valence-corrected chi connectivity index (χ3v) is 3.81. The van der Waals surface area contributed by atoms with Gasteiger partial charge in [-0.15, -0.1) is 0 Å². The van der Waals surface area contributed by atoms with E-state index in [1.807, 2.05) is 38.1 Å². The monoisotopic (exact) mass is 294 g/mol. The molecule has 2 rings (SSSR count). The van der Waals surface area contributed by atoms with E-state index in [0.29, 0.717) is 6.42 Å². The number of benzene rings is 1. The SMILES string of the molecule is CC(=O)OC[C@H](O)C1CCC(C)(c2ccc(C)cc2)OO1. The molecular weight excluding hydrogens is 272 g/mol. The molecule has 0 bridgehead atoms. The summed E-state index contributed by atoms with van der Waals surface area (Å²) < 4.78 is 4.78. The lowest BCUT2D eigenvalue weighted by Gasteiger charge is -2.37. The van der Waals surface area contributed by atoms with Crippen molar-refractivity contribution >= 4 is 5.97 Å². The second kappa shape index (κ2) is 6.56. The van der Waals surface area contributed by atoms with Gasteiger partial charge in [-0.2, -0.15) is 0 Å². The number of aryl methyl sites for hydroxylation is 1. The van der Waals surface area contributed by atoms with Crippen LogP contribution >= 0.6 is 0 Å². The average Bonchev–Trinajstić information content (AvgIpc) is 2.46. The summed E-state index contributed by atoms with van der Waals surface area (Å²) in [6.07, 6.45) is -0.00987. The van der Waals surface area contributed by atoms with Crippen molar-refractivity contribution in [3.05, 3.63) is 35.4 Å². The minimum Gasteiger partial charge on any atom is -0.463 e. The predicted molar refractivity (Wildman–Crippen MR) is 76.4 cm³/mol. The molecule has 2 unspecified atom stereocenters. The van der Waals surface area contributed by atoms with Crippen LogP contribution in [0.25, 0.3) is 0 Å². The third kappa shape index (κ3) is 4.03. The summed E-state index contributed by atoms with van der Waals surface area (Å²) >= 11 is 0. The summed E-state index contributed by atoms with van der Waals surface area (Å²) in [4.78, 5) is 21.6. The molecule has 0 saturated carbocycles. The second-order valence-corrected chi connectivity index (χ2v) is 5.72. The van der Waals surface area contributed by atoms with Gasteiger partial charge in [0, 0.05) is 6.92 Å². The van der Waals surface area contributed by atoms with E-state index < -0.39 is 23.8 Å². The van der Waals surface area contributed by atoms with Gasteiger partial charge in [0.15, 0.2) is 0 Å². The van der Waals surface area contributed by atoms with E-state index in [-0.39, 0.29) is 6.61 Å². The lowest BCUT2D eigenvalue weighted by molar-refractivity contribution is -0.420. The van der Waals surface area contributed by atoms with Crippen LogP contribution in [-0.4, -0.2) is 29.9 Å². The standard InChI is InChI=1S/C16H22O5/c1-11-4-6-13(7-5-11)16(3)9-8-15(20-21-16)14(18)10-19-12(2)17/h4-7,14-15,18H,8-10H2,1-3H3/t14-,15?,16?/m0/s1. The van der Waals surface area contributed by atoms with Crippen LogP contribution in [-0.2, 0) is 24.9 Å². The Morgan fingerprint density at radius 3 is 2.67 bits per heavy atom. The maximum Gasteiger partial charge on any atom is 0.302 e. The molecule has 1 aliphatic heterocycles. The van der Waals surface area contributed by atoms with Gasteiger partial charge < -0.3 is 9.84 Å².